The Morgan fingerprint density at radius 3 is 2.65 bits per heavy atom. The quantitative estimate of drug-likeness (QED) is 0.178. The van der Waals surface area contributed by atoms with Gasteiger partial charge in [-0.3, -0.25) is 14.5 Å². The van der Waals surface area contributed by atoms with Crippen LogP contribution in [0.3, 0.4) is 0 Å². The standard InChI is InChI=1S/C29H28N2O8S/c1-4-11-37-19-8-6-7-17(14-19)23-22(24(32)18-9-10-20-21(15-18)39-13-12-38-20)25(33)27(34)31(23)29-30-16(3)26(40-29)28(35)36-5-2/h6-10,14-15,23,32H,4-5,11-13H2,1-3H3. The van der Waals surface area contributed by atoms with Crippen LogP contribution in [0, 0.1) is 6.92 Å². The number of hydrogen-bond acceptors (Lipinski definition) is 10. The largest absolute Gasteiger partial charge is 0.507 e. The Bertz CT molecular complexity index is 1510. The molecule has 3 heterocycles. The maximum Gasteiger partial charge on any atom is 0.350 e. The average molecular weight is 565 g/mol. The number of rotatable bonds is 8. The molecule has 11 heteroatoms. The summed E-state index contributed by atoms with van der Waals surface area (Å²) in [5.74, 6) is -1.22. The Balaban J connectivity index is 1.66. The number of fused-ring (bicyclic) bond motifs is 1. The molecule has 5 rings (SSSR count). The van der Waals surface area contributed by atoms with Gasteiger partial charge < -0.3 is 24.1 Å². The van der Waals surface area contributed by atoms with E-state index in [1.54, 1.807) is 56.3 Å². The molecule has 0 spiro atoms. The Morgan fingerprint density at radius 2 is 1.90 bits per heavy atom. The number of anilines is 1. The van der Waals surface area contributed by atoms with Crippen LogP contribution in [-0.2, 0) is 14.3 Å². The third-order valence-corrected chi connectivity index (χ3v) is 7.50. The van der Waals surface area contributed by atoms with E-state index in [-0.39, 0.29) is 33.5 Å². The van der Waals surface area contributed by atoms with Crippen LogP contribution in [0.25, 0.3) is 5.76 Å². The maximum atomic E-state index is 13.6. The number of carbonyl (C=O) groups is 3. The molecule has 1 saturated heterocycles. The summed E-state index contributed by atoms with van der Waals surface area (Å²) in [5.41, 5.74) is 1.05. The van der Waals surface area contributed by atoms with Gasteiger partial charge in [0.05, 0.1) is 30.5 Å². The number of thiazole rings is 1. The second-order valence-corrected chi connectivity index (χ2v) is 10.1. The number of ether oxygens (including phenoxy) is 4. The van der Waals surface area contributed by atoms with E-state index in [4.69, 9.17) is 18.9 Å². The molecule has 2 aliphatic heterocycles. The molecule has 1 unspecified atom stereocenters. The van der Waals surface area contributed by atoms with Crippen LogP contribution in [0.15, 0.2) is 48.0 Å². The molecule has 0 radical (unpaired) electrons. The lowest BCUT2D eigenvalue weighted by molar-refractivity contribution is -0.132. The van der Waals surface area contributed by atoms with Gasteiger partial charge in [0.15, 0.2) is 16.6 Å². The van der Waals surface area contributed by atoms with Crippen molar-refractivity contribution in [2.75, 3.05) is 31.3 Å². The van der Waals surface area contributed by atoms with E-state index in [9.17, 15) is 19.5 Å². The number of amides is 1. The molecule has 0 saturated carbocycles. The smallest absolute Gasteiger partial charge is 0.350 e. The summed E-state index contributed by atoms with van der Waals surface area (Å²) in [6.45, 7) is 6.72. The van der Waals surface area contributed by atoms with Gasteiger partial charge in [0, 0.05) is 5.56 Å². The number of aliphatic hydroxyl groups is 1. The molecule has 208 valence electrons. The van der Waals surface area contributed by atoms with Gasteiger partial charge in [-0.2, -0.15) is 0 Å². The van der Waals surface area contributed by atoms with Crippen molar-refractivity contribution in [3.05, 3.63) is 69.7 Å². The summed E-state index contributed by atoms with van der Waals surface area (Å²) in [5, 5.41) is 11.6. The van der Waals surface area contributed by atoms with Crippen molar-refractivity contribution >= 4 is 39.9 Å². The van der Waals surface area contributed by atoms with Gasteiger partial charge in [0.1, 0.15) is 29.6 Å². The fraction of sp³-hybridized carbons (Fsp3) is 0.310. The molecule has 1 aromatic heterocycles. The summed E-state index contributed by atoms with van der Waals surface area (Å²) >= 11 is 0.950. The lowest BCUT2D eigenvalue weighted by Gasteiger charge is -2.24. The van der Waals surface area contributed by atoms with Crippen molar-refractivity contribution in [3.8, 4) is 17.2 Å². The summed E-state index contributed by atoms with van der Waals surface area (Å²) in [7, 11) is 0. The van der Waals surface area contributed by atoms with Crippen LogP contribution in [-0.4, -0.2) is 54.2 Å². The SMILES string of the molecule is CCCOc1cccc(C2C(=C(O)c3ccc4c(c3)OCCO4)C(=O)C(=O)N2c2nc(C)c(C(=O)OCC)s2)c1. The molecule has 1 fully saturated rings. The third kappa shape index (κ3) is 5.00. The van der Waals surface area contributed by atoms with E-state index in [1.807, 2.05) is 6.92 Å². The number of carbonyl (C=O) groups excluding carboxylic acids is 3. The lowest BCUT2D eigenvalue weighted by atomic mass is 9.95. The Morgan fingerprint density at radius 1 is 1.12 bits per heavy atom. The second-order valence-electron chi connectivity index (χ2n) is 9.08. The molecule has 1 amide bonds. The minimum absolute atomic E-state index is 0.125. The predicted octanol–water partition coefficient (Wildman–Crippen LogP) is 4.81. The van der Waals surface area contributed by atoms with Gasteiger partial charge in [-0.15, -0.1) is 0 Å². The topological polar surface area (TPSA) is 124 Å². The van der Waals surface area contributed by atoms with Crippen LogP contribution in [0.5, 0.6) is 17.2 Å². The van der Waals surface area contributed by atoms with Gasteiger partial charge in [-0.1, -0.05) is 30.4 Å². The number of benzene rings is 2. The predicted molar refractivity (Wildman–Crippen MR) is 147 cm³/mol. The minimum Gasteiger partial charge on any atom is -0.507 e. The zero-order chi connectivity index (χ0) is 28.4. The first kappa shape index (κ1) is 27.2. The van der Waals surface area contributed by atoms with E-state index < -0.39 is 23.7 Å². The summed E-state index contributed by atoms with van der Waals surface area (Å²) in [4.78, 5) is 45.5. The van der Waals surface area contributed by atoms with E-state index in [0.717, 1.165) is 17.8 Å². The van der Waals surface area contributed by atoms with E-state index >= 15 is 0 Å². The van der Waals surface area contributed by atoms with Gasteiger partial charge in [-0.25, -0.2) is 9.78 Å². The monoisotopic (exact) mass is 564 g/mol. The molecule has 1 atom stereocenters. The molecular weight excluding hydrogens is 536 g/mol. The molecule has 3 aromatic rings. The zero-order valence-corrected chi connectivity index (χ0v) is 23.1. The molecule has 2 aliphatic rings. The molecular formula is C29H28N2O8S. The van der Waals surface area contributed by atoms with Crippen molar-refractivity contribution in [3.63, 3.8) is 0 Å². The number of hydrogen-bond donors (Lipinski definition) is 1. The van der Waals surface area contributed by atoms with Crippen molar-refractivity contribution in [1.29, 1.82) is 0 Å². The van der Waals surface area contributed by atoms with Gasteiger partial charge in [0.2, 0.25) is 0 Å². The van der Waals surface area contributed by atoms with Crippen LogP contribution < -0.4 is 19.1 Å². The van der Waals surface area contributed by atoms with Crippen molar-refractivity contribution in [2.45, 2.75) is 33.2 Å². The van der Waals surface area contributed by atoms with E-state index in [0.29, 0.717) is 48.3 Å². The summed E-state index contributed by atoms with van der Waals surface area (Å²) in [6.07, 6.45) is 0.793. The molecule has 10 nitrogen and oxygen atoms in total. The highest BCUT2D eigenvalue weighted by Crippen LogP contribution is 2.45. The van der Waals surface area contributed by atoms with E-state index in [2.05, 4.69) is 4.98 Å². The van der Waals surface area contributed by atoms with Crippen LogP contribution in [0.4, 0.5) is 5.13 Å². The van der Waals surface area contributed by atoms with Gasteiger partial charge in [0.25, 0.3) is 5.78 Å². The number of Topliss-reactive ketones (excluding diaryl/α,β-unsaturated/α-hetero) is 1. The zero-order valence-electron chi connectivity index (χ0n) is 22.3. The first-order chi connectivity index (χ1) is 19.3. The van der Waals surface area contributed by atoms with Crippen molar-refractivity contribution in [2.24, 2.45) is 0 Å². The normalized spacial score (nSPS) is 17.7. The van der Waals surface area contributed by atoms with Gasteiger partial charge in [-0.05, 0) is 56.2 Å². The highest BCUT2D eigenvalue weighted by molar-refractivity contribution is 7.17. The number of aromatic nitrogens is 1. The first-order valence-electron chi connectivity index (χ1n) is 12.9. The summed E-state index contributed by atoms with van der Waals surface area (Å²) < 4.78 is 22.2. The first-order valence-corrected chi connectivity index (χ1v) is 13.7. The van der Waals surface area contributed by atoms with Crippen LogP contribution >= 0.6 is 11.3 Å². The number of esters is 1. The molecule has 0 aliphatic carbocycles. The number of aliphatic hydroxyl groups excluding tert-OH is 1. The van der Waals surface area contributed by atoms with Crippen LogP contribution in [0.2, 0.25) is 0 Å². The Kier molecular flexibility index (Phi) is 7.74. The minimum atomic E-state index is -1.04. The number of nitrogens with zero attached hydrogens (tertiary/aromatic N) is 2. The Labute approximate surface area is 234 Å². The highest BCUT2D eigenvalue weighted by Gasteiger charge is 2.48. The molecule has 1 N–H and O–H groups in total. The van der Waals surface area contributed by atoms with Crippen molar-refractivity contribution < 1.29 is 38.4 Å². The fourth-order valence-corrected chi connectivity index (χ4v) is 5.54. The van der Waals surface area contributed by atoms with Gasteiger partial charge >= 0.3 is 11.9 Å². The lowest BCUT2D eigenvalue weighted by Crippen LogP contribution is -2.29. The van der Waals surface area contributed by atoms with Crippen LogP contribution in [0.1, 0.15) is 52.8 Å². The third-order valence-electron chi connectivity index (χ3n) is 6.36. The van der Waals surface area contributed by atoms with Crippen molar-refractivity contribution in [1.82, 2.24) is 4.98 Å². The fourth-order valence-electron chi connectivity index (χ4n) is 4.56. The molecule has 0 bridgehead atoms. The maximum absolute atomic E-state index is 13.6. The average Bonchev–Trinajstić information content (AvgIpc) is 3.47. The second kappa shape index (κ2) is 11.4. The molecule has 40 heavy (non-hydrogen) atoms. The van der Waals surface area contributed by atoms with E-state index in [1.165, 1.54) is 4.90 Å². The number of aryl methyl sites for hydroxylation is 1. The summed E-state index contributed by atoms with van der Waals surface area (Å²) in [6, 6.07) is 10.8. The Hall–Kier alpha value is -4.38. The number of ketones is 1. The highest BCUT2D eigenvalue weighted by atomic mass is 32.1. The molecule has 2 aromatic carbocycles.